The van der Waals surface area contributed by atoms with E-state index in [9.17, 15) is 22.8 Å². The molecule has 0 bridgehead atoms. The summed E-state index contributed by atoms with van der Waals surface area (Å²) < 4.78 is 42.2. The molecular weight excluding hydrogens is 537 g/mol. The molecule has 0 aliphatic rings. The lowest BCUT2D eigenvalue weighted by molar-refractivity contribution is -0.137. The average Bonchev–Trinajstić information content (AvgIpc) is 3.33. The van der Waals surface area contributed by atoms with Crippen molar-refractivity contribution in [2.75, 3.05) is 16.4 Å². The third kappa shape index (κ3) is 5.60. The summed E-state index contributed by atoms with van der Waals surface area (Å²) in [6.45, 7) is 5.80. The van der Waals surface area contributed by atoms with Crippen LogP contribution in [0.15, 0.2) is 78.0 Å². The molecule has 210 valence electrons. The Hall–Kier alpha value is -5.20. The highest BCUT2D eigenvalue weighted by Gasteiger charge is 2.30. The van der Waals surface area contributed by atoms with Crippen molar-refractivity contribution in [2.45, 2.75) is 32.4 Å². The highest BCUT2D eigenvalue weighted by Crippen LogP contribution is 2.31. The van der Waals surface area contributed by atoms with Gasteiger partial charge in [-0.2, -0.15) is 18.3 Å². The molecule has 0 radical (unpaired) electrons. The van der Waals surface area contributed by atoms with Gasteiger partial charge in [-0.05, 0) is 48.5 Å². The van der Waals surface area contributed by atoms with Crippen molar-refractivity contribution in [1.82, 2.24) is 24.3 Å². The number of pyridine rings is 1. The van der Waals surface area contributed by atoms with Gasteiger partial charge in [-0.25, -0.2) is 19.4 Å². The first-order valence-corrected chi connectivity index (χ1v) is 12.4. The second kappa shape index (κ2) is 10.1. The molecule has 10 nitrogen and oxygen atoms in total. The summed E-state index contributed by atoms with van der Waals surface area (Å²) in [6, 6.07) is 13.8. The number of benzene rings is 2. The largest absolute Gasteiger partial charge is 0.416 e. The Bertz CT molecular complexity index is 1800. The number of urea groups is 1. The summed E-state index contributed by atoms with van der Waals surface area (Å²) in [5.74, 6) is 0.357. The third-order valence-electron chi connectivity index (χ3n) is 6.27. The standard InChI is InChI=1S/C28H25F3N8O2/c1-27(2,3)21-14-22(39(37-21)19-8-4-16(5-9-19)28(29,30)31)36-26(41)35-17-6-10-18(11-7-17)38-13-12-20(40)23-24(32)33-15-34-25(23)38/h4-15H,1-3H3,(H2,32,33,34)(H2,35,36,41). The number of carbonyl (C=O) groups is 1. The molecule has 0 atom stereocenters. The number of nitrogens with zero attached hydrogens (tertiary/aromatic N) is 5. The Balaban J connectivity index is 1.38. The highest BCUT2D eigenvalue weighted by atomic mass is 19.4. The van der Waals surface area contributed by atoms with E-state index in [1.54, 1.807) is 41.1 Å². The predicted octanol–water partition coefficient (Wildman–Crippen LogP) is 5.51. The van der Waals surface area contributed by atoms with E-state index in [1.807, 2.05) is 20.8 Å². The van der Waals surface area contributed by atoms with Crippen molar-refractivity contribution in [2.24, 2.45) is 0 Å². The molecular formula is C28H25F3N8O2. The number of anilines is 3. The van der Waals surface area contributed by atoms with Gasteiger partial charge in [-0.1, -0.05) is 20.8 Å². The maximum absolute atomic E-state index is 13.1. The number of alkyl halides is 3. The van der Waals surface area contributed by atoms with Gasteiger partial charge in [0.05, 0.1) is 16.9 Å². The Kier molecular flexibility index (Phi) is 6.73. The van der Waals surface area contributed by atoms with Crippen molar-refractivity contribution in [3.05, 3.63) is 94.7 Å². The van der Waals surface area contributed by atoms with Crippen LogP contribution in [0, 0.1) is 0 Å². The number of hydrogen-bond donors (Lipinski definition) is 3. The van der Waals surface area contributed by atoms with Crippen LogP contribution in [0.5, 0.6) is 0 Å². The number of carbonyl (C=O) groups excluding carboxylic acids is 1. The van der Waals surface area contributed by atoms with Crippen LogP contribution in [0.3, 0.4) is 0 Å². The number of nitrogens with one attached hydrogen (secondary N) is 2. The van der Waals surface area contributed by atoms with E-state index in [4.69, 9.17) is 5.73 Å². The molecule has 3 aromatic heterocycles. The first kappa shape index (κ1) is 27.4. The first-order chi connectivity index (χ1) is 19.3. The van der Waals surface area contributed by atoms with Crippen LogP contribution in [0.2, 0.25) is 0 Å². The zero-order valence-electron chi connectivity index (χ0n) is 22.2. The Morgan fingerprint density at radius 3 is 2.20 bits per heavy atom. The maximum atomic E-state index is 13.1. The molecule has 0 aliphatic heterocycles. The molecule has 3 heterocycles. The Morgan fingerprint density at radius 2 is 1.56 bits per heavy atom. The molecule has 0 fully saturated rings. The summed E-state index contributed by atoms with van der Waals surface area (Å²) in [4.78, 5) is 33.3. The van der Waals surface area contributed by atoms with Crippen LogP contribution < -0.4 is 21.8 Å². The lowest BCUT2D eigenvalue weighted by Gasteiger charge is -2.14. The Morgan fingerprint density at radius 1 is 0.902 bits per heavy atom. The van der Waals surface area contributed by atoms with Crippen LogP contribution in [-0.2, 0) is 11.6 Å². The van der Waals surface area contributed by atoms with Crippen molar-refractivity contribution in [1.29, 1.82) is 0 Å². The summed E-state index contributed by atoms with van der Waals surface area (Å²) in [5, 5.41) is 10.2. The molecule has 2 amide bonds. The third-order valence-corrected chi connectivity index (χ3v) is 6.27. The molecule has 0 aliphatic carbocycles. The summed E-state index contributed by atoms with van der Waals surface area (Å²) in [5.41, 5.74) is 6.85. The quantitative estimate of drug-likeness (QED) is 0.265. The molecule has 0 unspecified atom stereocenters. The minimum Gasteiger partial charge on any atom is -0.383 e. The Labute approximate surface area is 231 Å². The number of halogens is 3. The van der Waals surface area contributed by atoms with Crippen LogP contribution in [-0.4, -0.2) is 30.3 Å². The lowest BCUT2D eigenvalue weighted by atomic mass is 9.92. The molecule has 0 spiro atoms. The molecule has 4 N–H and O–H groups in total. The SMILES string of the molecule is CC(C)(C)c1cc(NC(=O)Nc2ccc(-n3ccc(=O)c4c(N)ncnc43)cc2)n(-c2ccc(C(F)(F)F)cc2)n1. The van der Waals surface area contributed by atoms with Gasteiger partial charge in [0.25, 0.3) is 0 Å². The van der Waals surface area contributed by atoms with E-state index in [-0.39, 0.29) is 27.9 Å². The highest BCUT2D eigenvalue weighted by molar-refractivity contribution is 5.99. The number of rotatable bonds is 4. The number of hydrogen-bond acceptors (Lipinski definition) is 6. The first-order valence-electron chi connectivity index (χ1n) is 12.4. The molecule has 2 aromatic carbocycles. The van der Waals surface area contributed by atoms with Gasteiger partial charge in [0.15, 0.2) is 11.1 Å². The van der Waals surface area contributed by atoms with E-state index in [0.29, 0.717) is 28.4 Å². The van der Waals surface area contributed by atoms with Crippen molar-refractivity contribution >= 4 is 34.4 Å². The van der Waals surface area contributed by atoms with Gasteiger partial charge in [0, 0.05) is 35.1 Å². The second-order valence-electron chi connectivity index (χ2n) is 10.3. The maximum Gasteiger partial charge on any atom is 0.416 e. The van der Waals surface area contributed by atoms with Gasteiger partial charge in [-0.3, -0.25) is 10.1 Å². The fourth-order valence-electron chi connectivity index (χ4n) is 4.12. The molecule has 0 saturated carbocycles. The number of amides is 2. The second-order valence-corrected chi connectivity index (χ2v) is 10.3. The van der Waals surface area contributed by atoms with E-state index in [1.165, 1.54) is 29.2 Å². The van der Waals surface area contributed by atoms with Crippen LogP contribution >= 0.6 is 0 Å². The summed E-state index contributed by atoms with van der Waals surface area (Å²) in [7, 11) is 0. The molecule has 5 aromatic rings. The minimum absolute atomic E-state index is 0.0782. The predicted molar refractivity (Wildman–Crippen MR) is 149 cm³/mol. The van der Waals surface area contributed by atoms with Gasteiger partial charge < -0.3 is 15.6 Å². The normalized spacial score (nSPS) is 12.0. The molecule has 0 saturated heterocycles. The topological polar surface area (TPSA) is 133 Å². The van der Waals surface area contributed by atoms with Gasteiger partial charge in [0.1, 0.15) is 23.3 Å². The molecule has 41 heavy (non-hydrogen) atoms. The number of aromatic nitrogens is 5. The van der Waals surface area contributed by atoms with Crippen molar-refractivity contribution in [3.63, 3.8) is 0 Å². The van der Waals surface area contributed by atoms with Crippen molar-refractivity contribution in [3.8, 4) is 11.4 Å². The van der Waals surface area contributed by atoms with E-state index in [0.717, 1.165) is 12.1 Å². The fourth-order valence-corrected chi connectivity index (χ4v) is 4.12. The van der Waals surface area contributed by atoms with Crippen LogP contribution in [0.4, 0.5) is 35.3 Å². The number of fused-ring (bicyclic) bond motifs is 1. The average molecular weight is 563 g/mol. The molecule has 13 heteroatoms. The zero-order valence-corrected chi connectivity index (χ0v) is 22.2. The summed E-state index contributed by atoms with van der Waals surface area (Å²) in [6.07, 6.45) is -1.63. The summed E-state index contributed by atoms with van der Waals surface area (Å²) >= 11 is 0. The molecule has 5 rings (SSSR count). The van der Waals surface area contributed by atoms with Crippen LogP contribution in [0.25, 0.3) is 22.4 Å². The van der Waals surface area contributed by atoms with Gasteiger partial charge in [0.2, 0.25) is 0 Å². The lowest BCUT2D eigenvalue weighted by Crippen LogP contribution is -2.21. The minimum atomic E-state index is -4.47. The van der Waals surface area contributed by atoms with Gasteiger partial charge >= 0.3 is 12.2 Å². The number of nitrogens with two attached hydrogens (primary N) is 1. The van der Waals surface area contributed by atoms with E-state index >= 15 is 0 Å². The fraction of sp³-hybridized carbons (Fsp3) is 0.179. The van der Waals surface area contributed by atoms with E-state index in [2.05, 4.69) is 25.7 Å². The van der Waals surface area contributed by atoms with E-state index < -0.39 is 17.8 Å². The monoisotopic (exact) mass is 562 g/mol. The van der Waals surface area contributed by atoms with Crippen LogP contribution in [0.1, 0.15) is 32.0 Å². The van der Waals surface area contributed by atoms with Gasteiger partial charge in [-0.15, -0.1) is 0 Å². The number of nitrogen functional groups attached to an aromatic ring is 1. The smallest absolute Gasteiger partial charge is 0.383 e. The van der Waals surface area contributed by atoms with Crippen molar-refractivity contribution < 1.29 is 18.0 Å². The zero-order chi connectivity index (χ0) is 29.5.